The second kappa shape index (κ2) is 4.04. The molecule has 0 bridgehead atoms. The maximum Gasteiger partial charge on any atom is 1.00 e. The van der Waals surface area contributed by atoms with Crippen molar-refractivity contribution in [3.8, 4) is 0 Å². The molecule has 1 aromatic rings. The average Bonchev–Trinajstić information content (AvgIpc) is 2.12. The number of allylic oxidation sites excluding steroid dienone is 1. The Kier molecular flexibility index (Phi) is 3.25. The molecule has 2 rings (SSSR count). The van der Waals surface area contributed by atoms with Gasteiger partial charge in [-0.2, -0.15) is 0 Å². The predicted molar refractivity (Wildman–Crippen MR) is 47.4 cm³/mol. The van der Waals surface area contributed by atoms with Crippen LogP contribution in [0.3, 0.4) is 0 Å². The fourth-order valence-corrected chi connectivity index (χ4v) is 1.63. The van der Waals surface area contributed by atoms with Gasteiger partial charge in [-0.15, -0.1) is 5.76 Å². The molecule has 62 valence electrons. The Labute approximate surface area is 90.7 Å². The van der Waals surface area contributed by atoms with Crippen molar-refractivity contribution < 1.29 is 24.0 Å². The van der Waals surface area contributed by atoms with Gasteiger partial charge in [0.05, 0.1) is 0 Å². The predicted octanol–water partition coefficient (Wildman–Crippen LogP) is -1.27. The average molecular weight is 166 g/mol. The summed E-state index contributed by atoms with van der Waals surface area (Å²) in [6.07, 6.45) is 1.95. The van der Waals surface area contributed by atoms with Crippen molar-refractivity contribution in [1.29, 1.82) is 0 Å². The van der Waals surface area contributed by atoms with Crippen LogP contribution >= 0.6 is 0 Å². The molecule has 0 unspecified atom stereocenters. The summed E-state index contributed by atoms with van der Waals surface area (Å²) in [7, 11) is 0. The molecule has 0 atom stereocenters. The van der Waals surface area contributed by atoms with Crippen LogP contribution in [-0.4, -0.2) is 0 Å². The molecule has 1 aromatic carbocycles. The molecular formula is C11H11LiO. The van der Waals surface area contributed by atoms with Gasteiger partial charge >= 0.3 is 18.9 Å². The molecule has 0 fully saturated rings. The van der Waals surface area contributed by atoms with Gasteiger partial charge in [-0.1, -0.05) is 29.8 Å². The normalized spacial score (nSPS) is 14.8. The molecular weight excluding hydrogens is 155 g/mol. The van der Waals surface area contributed by atoms with Crippen LogP contribution in [0, 0.1) is 0 Å². The van der Waals surface area contributed by atoms with E-state index in [2.05, 4.69) is 0 Å². The van der Waals surface area contributed by atoms with E-state index in [1.165, 1.54) is 5.56 Å². The Hall–Kier alpha value is -0.643. The SMILES string of the molecule is CC1=C([O-])c2ccccc2CC1.[Li+]. The van der Waals surface area contributed by atoms with Gasteiger partial charge in [-0.05, 0) is 30.9 Å². The van der Waals surface area contributed by atoms with Crippen LogP contribution in [0.2, 0.25) is 0 Å². The fraction of sp³-hybridized carbons (Fsp3) is 0.273. The van der Waals surface area contributed by atoms with E-state index in [0.29, 0.717) is 0 Å². The number of benzene rings is 1. The molecule has 13 heavy (non-hydrogen) atoms. The summed E-state index contributed by atoms with van der Waals surface area (Å²) < 4.78 is 0. The van der Waals surface area contributed by atoms with Crippen molar-refractivity contribution in [3.63, 3.8) is 0 Å². The van der Waals surface area contributed by atoms with Crippen LogP contribution < -0.4 is 24.0 Å². The smallest absolute Gasteiger partial charge is 0.872 e. The molecule has 0 N–H and O–H groups in total. The first-order chi connectivity index (χ1) is 5.79. The van der Waals surface area contributed by atoms with Crippen LogP contribution in [0.25, 0.3) is 5.76 Å². The molecule has 0 heterocycles. The Balaban J connectivity index is 0.000000845. The van der Waals surface area contributed by atoms with Crippen molar-refractivity contribution >= 4 is 5.76 Å². The molecule has 0 aromatic heterocycles. The number of rotatable bonds is 0. The Morgan fingerprint density at radius 1 is 1.15 bits per heavy atom. The number of aryl methyl sites for hydroxylation is 1. The van der Waals surface area contributed by atoms with Crippen molar-refractivity contribution in [1.82, 2.24) is 0 Å². The summed E-state index contributed by atoms with van der Waals surface area (Å²) in [5, 5.41) is 11.6. The number of hydrogen-bond acceptors (Lipinski definition) is 1. The largest absolute Gasteiger partial charge is 1.00 e. The summed E-state index contributed by atoms with van der Waals surface area (Å²) in [5.41, 5.74) is 3.10. The van der Waals surface area contributed by atoms with Gasteiger partial charge in [0.25, 0.3) is 0 Å². The van der Waals surface area contributed by atoms with E-state index in [1.807, 2.05) is 31.2 Å². The second-order valence-corrected chi connectivity index (χ2v) is 3.27. The van der Waals surface area contributed by atoms with Gasteiger partial charge < -0.3 is 5.11 Å². The zero-order valence-corrected chi connectivity index (χ0v) is 8.13. The third kappa shape index (κ3) is 1.82. The molecule has 2 heteroatoms. The van der Waals surface area contributed by atoms with Crippen molar-refractivity contribution in [3.05, 3.63) is 41.0 Å². The monoisotopic (exact) mass is 166 g/mol. The van der Waals surface area contributed by atoms with Crippen molar-refractivity contribution in [2.24, 2.45) is 0 Å². The van der Waals surface area contributed by atoms with Gasteiger partial charge in [-0.25, -0.2) is 0 Å². The molecule has 0 amide bonds. The first-order valence-corrected chi connectivity index (χ1v) is 4.24. The molecule has 1 nitrogen and oxygen atoms in total. The van der Waals surface area contributed by atoms with E-state index < -0.39 is 0 Å². The standard InChI is InChI=1S/C11H12O.Li/c1-8-6-7-9-4-2-3-5-10(9)11(8)12;/h2-5,12H,6-7H2,1H3;/q;+1/p-1. The van der Waals surface area contributed by atoms with E-state index >= 15 is 0 Å². The summed E-state index contributed by atoms with van der Waals surface area (Å²) in [5.74, 6) is 0.233. The van der Waals surface area contributed by atoms with Crippen molar-refractivity contribution in [2.75, 3.05) is 0 Å². The molecule has 0 aliphatic heterocycles. The Bertz CT molecular complexity index is 342. The summed E-state index contributed by atoms with van der Waals surface area (Å²) in [4.78, 5) is 0. The van der Waals surface area contributed by atoms with Gasteiger partial charge in [0.2, 0.25) is 0 Å². The van der Waals surface area contributed by atoms with Crippen LogP contribution in [0.4, 0.5) is 0 Å². The molecule has 0 saturated carbocycles. The minimum atomic E-state index is 0. The third-order valence-electron chi connectivity index (χ3n) is 2.42. The molecule has 0 radical (unpaired) electrons. The van der Waals surface area contributed by atoms with Gasteiger partial charge in [-0.3, -0.25) is 0 Å². The summed E-state index contributed by atoms with van der Waals surface area (Å²) in [6, 6.07) is 7.88. The quantitative estimate of drug-likeness (QED) is 0.441. The zero-order chi connectivity index (χ0) is 8.55. The Morgan fingerprint density at radius 3 is 2.62 bits per heavy atom. The minimum Gasteiger partial charge on any atom is -0.872 e. The van der Waals surface area contributed by atoms with E-state index in [0.717, 1.165) is 24.0 Å². The number of hydrogen-bond donors (Lipinski definition) is 0. The maximum absolute atomic E-state index is 11.6. The van der Waals surface area contributed by atoms with Crippen LogP contribution in [0.15, 0.2) is 29.8 Å². The summed E-state index contributed by atoms with van der Waals surface area (Å²) >= 11 is 0. The van der Waals surface area contributed by atoms with E-state index in [9.17, 15) is 5.11 Å². The second-order valence-electron chi connectivity index (χ2n) is 3.27. The fourth-order valence-electron chi connectivity index (χ4n) is 1.63. The van der Waals surface area contributed by atoms with Gasteiger partial charge in [0.1, 0.15) is 0 Å². The van der Waals surface area contributed by atoms with Crippen LogP contribution in [0.5, 0.6) is 0 Å². The first kappa shape index (κ1) is 10.4. The molecule has 1 aliphatic carbocycles. The Morgan fingerprint density at radius 2 is 1.85 bits per heavy atom. The maximum atomic E-state index is 11.6. The van der Waals surface area contributed by atoms with E-state index in [4.69, 9.17) is 0 Å². The zero-order valence-electron chi connectivity index (χ0n) is 8.13. The van der Waals surface area contributed by atoms with Gasteiger partial charge in [0.15, 0.2) is 0 Å². The van der Waals surface area contributed by atoms with Crippen molar-refractivity contribution in [2.45, 2.75) is 19.8 Å². The third-order valence-corrected chi connectivity index (χ3v) is 2.42. The molecule has 0 spiro atoms. The molecule has 1 aliphatic rings. The first-order valence-electron chi connectivity index (χ1n) is 4.24. The summed E-state index contributed by atoms with van der Waals surface area (Å²) in [6.45, 7) is 1.93. The van der Waals surface area contributed by atoms with E-state index in [-0.39, 0.29) is 24.6 Å². The van der Waals surface area contributed by atoms with Crippen LogP contribution in [-0.2, 0) is 6.42 Å². The number of fused-ring (bicyclic) bond motifs is 1. The minimum absolute atomic E-state index is 0. The topological polar surface area (TPSA) is 23.1 Å². The van der Waals surface area contributed by atoms with E-state index in [1.54, 1.807) is 0 Å². The van der Waals surface area contributed by atoms with Crippen LogP contribution in [0.1, 0.15) is 24.5 Å². The van der Waals surface area contributed by atoms with Gasteiger partial charge in [0, 0.05) is 0 Å². The molecule has 0 saturated heterocycles.